The van der Waals surface area contributed by atoms with Crippen molar-refractivity contribution in [3.8, 4) is 0 Å². The number of benzene rings is 1. The van der Waals surface area contributed by atoms with Gasteiger partial charge >= 0.3 is 0 Å². The molecule has 1 aromatic carbocycles. The highest BCUT2D eigenvalue weighted by molar-refractivity contribution is 6.30. The Kier molecular flexibility index (Phi) is 12.5. The van der Waals surface area contributed by atoms with Crippen LogP contribution in [0, 0.1) is 18.8 Å². The highest BCUT2D eigenvalue weighted by Crippen LogP contribution is 2.34. The number of anilines is 1. The summed E-state index contributed by atoms with van der Waals surface area (Å²) in [5.74, 6) is 1.04. The third kappa shape index (κ3) is 9.44. The highest BCUT2D eigenvalue weighted by atomic mass is 35.5. The van der Waals surface area contributed by atoms with E-state index in [4.69, 9.17) is 11.6 Å². The van der Waals surface area contributed by atoms with Crippen LogP contribution in [0.4, 0.5) is 5.69 Å². The Balaban J connectivity index is 1.29. The molecule has 6 heteroatoms. The number of aliphatic hydroxyl groups is 1. The SMILES string of the molecule is CCCCC[C@@H](O)C=C[C@@H]1CCC(=O)[C@@H]1CCCCCCC(=O)N1CCN(c2cc(Cl)ccc2C)CC1. The molecule has 0 unspecified atom stereocenters. The summed E-state index contributed by atoms with van der Waals surface area (Å²) >= 11 is 6.18. The van der Waals surface area contributed by atoms with Crippen molar-refractivity contribution in [1.82, 2.24) is 4.90 Å². The van der Waals surface area contributed by atoms with Crippen molar-refractivity contribution in [3.63, 3.8) is 0 Å². The molecule has 3 rings (SSSR count). The lowest BCUT2D eigenvalue weighted by Crippen LogP contribution is -2.48. The second-order valence-electron chi connectivity index (χ2n) is 11.0. The Morgan fingerprint density at radius 3 is 2.62 bits per heavy atom. The van der Waals surface area contributed by atoms with Gasteiger partial charge in [-0.15, -0.1) is 0 Å². The molecule has 1 saturated carbocycles. The predicted octanol–water partition coefficient (Wildman–Crippen LogP) is 6.73. The Labute approximate surface area is 229 Å². The number of aliphatic hydroxyl groups excluding tert-OH is 1. The van der Waals surface area contributed by atoms with Gasteiger partial charge in [0.25, 0.3) is 0 Å². The van der Waals surface area contributed by atoms with Crippen LogP contribution in [-0.2, 0) is 9.59 Å². The number of aryl methyl sites for hydroxylation is 1. The van der Waals surface area contributed by atoms with Crippen molar-refractivity contribution in [1.29, 1.82) is 0 Å². The molecule has 206 valence electrons. The molecular weight excluding hydrogens is 484 g/mol. The quantitative estimate of drug-likeness (QED) is 0.214. The molecule has 1 aromatic rings. The number of piperazine rings is 1. The molecule has 1 amide bonds. The lowest BCUT2D eigenvalue weighted by atomic mass is 9.89. The summed E-state index contributed by atoms with van der Waals surface area (Å²) in [6, 6.07) is 5.99. The zero-order valence-corrected chi connectivity index (χ0v) is 23.7. The minimum atomic E-state index is -0.385. The zero-order valence-electron chi connectivity index (χ0n) is 23.0. The van der Waals surface area contributed by atoms with Crippen molar-refractivity contribution in [2.45, 2.75) is 97.0 Å². The fourth-order valence-electron chi connectivity index (χ4n) is 5.78. The Hall–Kier alpha value is -1.85. The molecule has 0 spiro atoms. The van der Waals surface area contributed by atoms with Gasteiger partial charge in [0.15, 0.2) is 0 Å². The molecule has 0 radical (unpaired) electrons. The molecule has 3 atom stereocenters. The number of ketones is 1. The van der Waals surface area contributed by atoms with Gasteiger partial charge in [0.05, 0.1) is 6.10 Å². The van der Waals surface area contributed by atoms with E-state index < -0.39 is 0 Å². The molecule has 1 aliphatic carbocycles. The maximum atomic E-state index is 12.7. The normalized spacial score (nSPS) is 21.2. The number of carbonyl (C=O) groups is 2. The summed E-state index contributed by atoms with van der Waals surface area (Å²) in [4.78, 5) is 29.5. The number of nitrogens with zero attached hydrogens (tertiary/aromatic N) is 2. The molecule has 0 aromatic heterocycles. The van der Waals surface area contributed by atoms with E-state index in [1.807, 2.05) is 23.1 Å². The number of halogens is 1. The number of unbranched alkanes of at least 4 members (excludes halogenated alkanes) is 5. The van der Waals surface area contributed by atoms with Crippen LogP contribution in [0.2, 0.25) is 5.02 Å². The fourth-order valence-corrected chi connectivity index (χ4v) is 5.95. The molecule has 2 aliphatic rings. The van der Waals surface area contributed by atoms with Crippen molar-refractivity contribution in [3.05, 3.63) is 40.9 Å². The van der Waals surface area contributed by atoms with E-state index >= 15 is 0 Å². The number of allylic oxidation sites excluding steroid dienone is 1. The van der Waals surface area contributed by atoms with Crippen LogP contribution in [0.15, 0.2) is 30.4 Å². The van der Waals surface area contributed by atoms with Gasteiger partial charge in [-0.1, -0.05) is 75.3 Å². The molecule has 2 fully saturated rings. The van der Waals surface area contributed by atoms with Crippen LogP contribution in [0.3, 0.4) is 0 Å². The standard InChI is InChI=1S/C31H47ClN2O3/c1-3-4-7-10-27(35)17-14-25-15-18-30(36)28(25)11-8-5-6-9-12-31(37)34-21-19-33(20-22-34)29-23-26(32)16-13-24(29)2/h13-14,16-17,23,25,27-28,35H,3-12,15,18-22H2,1-2H3/t25-,27-,28-/m1/s1. The van der Waals surface area contributed by atoms with Gasteiger partial charge in [-0.05, 0) is 56.2 Å². The molecule has 37 heavy (non-hydrogen) atoms. The van der Waals surface area contributed by atoms with Crippen LogP contribution < -0.4 is 4.90 Å². The molecule has 1 N–H and O–H groups in total. The largest absolute Gasteiger partial charge is 0.389 e. The maximum absolute atomic E-state index is 12.7. The topological polar surface area (TPSA) is 60.9 Å². The van der Waals surface area contributed by atoms with Crippen molar-refractivity contribution < 1.29 is 14.7 Å². The number of Topliss-reactive ketones (excluding diaryl/α,β-unsaturated/α-hetero) is 1. The number of carbonyl (C=O) groups excluding carboxylic acids is 2. The Bertz CT molecular complexity index is 894. The number of rotatable bonds is 14. The molecule has 1 aliphatic heterocycles. The summed E-state index contributed by atoms with van der Waals surface area (Å²) in [5, 5.41) is 10.9. The molecular formula is C31H47ClN2O3. The van der Waals surface area contributed by atoms with E-state index in [-0.39, 0.29) is 23.8 Å². The van der Waals surface area contributed by atoms with E-state index in [1.54, 1.807) is 0 Å². The van der Waals surface area contributed by atoms with Crippen LogP contribution >= 0.6 is 11.6 Å². The maximum Gasteiger partial charge on any atom is 0.222 e. The first-order chi connectivity index (χ1) is 17.9. The van der Waals surface area contributed by atoms with Gasteiger partial charge in [0.2, 0.25) is 5.91 Å². The van der Waals surface area contributed by atoms with Gasteiger partial charge in [-0.25, -0.2) is 0 Å². The second kappa shape index (κ2) is 15.5. The zero-order chi connectivity index (χ0) is 26.6. The van der Waals surface area contributed by atoms with Gasteiger partial charge in [-0.3, -0.25) is 9.59 Å². The van der Waals surface area contributed by atoms with Crippen LogP contribution in [0.25, 0.3) is 0 Å². The second-order valence-corrected chi connectivity index (χ2v) is 11.4. The van der Waals surface area contributed by atoms with E-state index in [9.17, 15) is 14.7 Å². The molecule has 0 bridgehead atoms. The monoisotopic (exact) mass is 530 g/mol. The van der Waals surface area contributed by atoms with E-state index in [1.165, 1.54) is 11.3 Å². The summed E-state index contributed by atoms with van der Waals surface area (Å²) in [7, 11) is 0. The van der Waals surface area contributed by atoms with Gasteiger partial charge in [-0.2, -0.15) is 0 Å². The Morgan fingerprint density at radius 1 is 1.11 bits per heavy atom. The summed E-state index contributed by atoms with van der Waals surface area (Å²) < 4.78 is 0. The number of hydrogen-bond donors (Lipinski definition) is 1. The molecule has 1 heterocycles. The lowest BCUT2D eigenvalue weighted by Gasteiger charge is -2.37. The summed E-state index contributed by atoms with van der Waals surface area (Å²) in [6.07, 6.45) is 15.0. The van der Waals surface area contributed by atoms with Gasteiger partial charge in [0.1, 0.15) is 5.78 Å². The summed E-state index contributed by atoms with van der Waals surface area (Å²) in [5.41, 5.74) is 2.38. The van der Waals surface area contributed by atoms with E-state index in [2.05, 4.69) is 30.9 Å². The van der Waals surface area contributed by atoms with Crippen molar-refractivity contribution in [2.75, 3.05) is 31.1 Å². The van der Waals surface area contributed by atoms with Crippen molar-refractivity contribution in [2.24, 2.45) is 11.8 Å². The average Bonchev–Trinajstić information content (AvgIpc) is 3.25. The third-order valence-electron chi connectivity index (χ3n) is 8.14. The first-order valence-corrected chi connectivity index (χ1v) is 14.9. The molecule has 5 nitrogen and oxygen atoms in total. The first kappa shape index (κ1) is 29.7. The van der Waals surface area contributed by atoms with Crippen LogP contribution in [0.5, 0.6) is 0 Å². The fraction of sp³-hybridized carbons (Fsp3) is 0.677. The third-order valence-corrected chi connectivity index (χ3v) is 8.37. The highest BCUT2D eigenvalue weighted by Gasteiger charge is 2.32. The molecule has 1 saturated heterocycles. The summed E-state index contributed by atoms with van der Waals surface area (Å²) in [6.45, 7) is 7.47. The van der Waals surface area contributed by atoms with Gasteiger partial charge < -0.3 is 14.9 Å². The Morgan fingerprint density at radius 2 is 1.86 bits per heavy atom. The first-order valence-electron chi connectivity index (χ1n) is 14.6. The van der Waals surface area contributed by atoms with Crippen LogP contribution in [0.1, 0.15) is 89.5 Å². The predicted molar refractivity (Wildman–Crippen MR) is 153 cm³/mol. The minimum absolute atomic E-state index is 0.111. The van der Waals surface area contributed by atoms with E-state index in [0.717, 1.165) is 95.4 Å². The minimum Gasteiger partial charge on any atom is -0.389 e. The average molecular weight is 531 g/mol. The van der Waals surface area contributed by atoms with Crippen molar-refractivity contribution >= 4 is 29.0 Å². The number of amides is 1. The lowest BCUT2D eigenvalue weighted by molar-refractivity contribution is -0.131. The van der Waals surface area contributed by atoms with Crippen LogP contribution in [-0.4, -0.2) is 54.0 Å². The number of hydrogen-bond acceptors (Lipinski definition) is 4. The van der Waals surface area contributed by atoms with Gasteiger partial charge in [0, 0.05) is 55.6 Å². The smallest absolute Gasteiger partial charge is 0.222 e. The van der Waals surface area contributed by atoms with E-state index in [0.29, 0.717) is 18.6 Å².